The average Bonchev–Trinajstić information content (AvgIpc) is 3.01. The Labute approximate surface area is 314 Å². The third-order valence-corrected chi connectivity index (χ3v) is 14.3. The molecule has 4 aliphatic rings. The number of carbonyl (C=O) groups is 2. The van der Waals surface area contributed by atoms with Crippen molar-refractivity contribution >= 4 is 89.8 Å². The zero-order chi connectivity index (χ0) is 33.1. The van der Waals surface area contributed by atoms with Crippen molar-refractivity contribution < 1.29 is 32.0 Å². The topological polar surface area (TPSA) is 107 Å². The zero-order valence-corrected chi connectivity index (χ0v) is 32.2. The molecule has 4 bridgehead atoms. The van der Waals surface area contributed by atoms with Crippen molar-refractivity contribution in [2.75, 3.05) is 0 Å². The monoisotopic (exact) mass is 986 g/mol. The summed E-state index contributed by atoms with van der Waals surface area (Å²) in [6.45, 7) is 0. The Hall–Kier alpha value is -2.08. The largest absolute Gasteiger partial charge is 0.455 e. The molecule has 8 rings (SSSR count). The fourth-order valence-corrected chi connectivity index (χ4v) is 11.6. The molecule has 0 radical (unpaired) electrons. The molecule has 4 fully saturated rings. The van der Waals surface area contributed by atoms with E-state index in [9.17, 15) is 22.6 Å². The fraction of sp³-hybridized carbons (Fsp3) is 0.278. The normalized spacial score (nSPS) is 24.6. The highest BCUT2D eigenvalue weighted by Gasteiger charge is 2.63. The number of rotatable bonds is 7. The second kappa shape index (κ2) is 12.7. The van der Waals surface area contributed by atoms with Crippen LogP contribution in [0, 0.1) is 28.0 Å². The molecule has 47 heavy (non-hydrogen) atoms. The first kappa shape index (κ1) is 33.4. The van der Waals surface area contributed by atoms with E-state index in [4.69, 9.17) is 9.47 Å². The van der Waals surface area contributed by atoms with Gasteiger partial charge in [-0.3, -0.25) is 9.35 Å². The molecule has 2 atom stereocenters. The van der Waals surface area contributed by atoms with Gasteiger partial charge in [0, 0.05) is 28.3 Å². The third-order valence-electron chi connectivity index (χ3n) is 9.66. The summed E-state index contributed by atoms with van der Waals surface area (Å²) in [5.74, 6) is -0.119. The van der Waals surface area contributed by atoms with Gasteiger partial charge in [0.1, 0.15) is 16.2 Å². The van der Waals surface area contributed by atoms with Crippen LogP contribution in [0.3, 0.4) is 0 Å². The molecule has 4 aromatic carbocycles. The quantitative estimate of drug-likeness (QED) is 0.0648. The summed E-state index contributed by atoms with van der Waals surface area (Å²) in [5, 5.41) is 0. The molecule has 242 valence electrons. The number of hydrogen-bond donors (Lipinski definition) is 1. The lowest BCUT2D eigenvalue weighted by atomic mass is 9.48. The predicted molar refractivity (Wildman–Crippen MR) is 203 cm³/mol. The van der Waals surface area contributed by atoms with Crippen molar-refractivity contribution in [3.8, 4) is 28.0 Å². The molecule has 2 unspecified atom stereocenters. The maximum Gasteiger partial charge on any atom is 0.339 e. The third kappa shape index (κ3) is 6.51. The summed E-state index contributed by atoms with van der Waals surface area (Å²) in [4.78, 5) is 27.8. The SMILES string of the molecule is O=C(OC12CC3CC(C1)CC(C(=O)Oc1cc(-c4ccccc4)c(S(=O)(=O)O)c(-c4ccccc4)c1)(C3)C2)c1cc(I)cc(I)c1I. The van der Waals surface area contributed by atoms with Gasteiger partial charge >= 0.3 is 11.9 Å². The number of esters is 2. The number of benzene rings is 4. The van der Waals surface area contributed by atoms with Crippen molar-refractivity contribution in [3.63, 3.8) is 0 Å². The number of hydrogen-bond acceptors (Lipinski definition) is 6. The standard InChI is InChI=1S/C36H29I3O7S/c37-25-12-29(31(39)30(38)13-25)33(40)46-36-18-21-11-22(19-36)17-35(16-21,20-36)34(41)45-26-14-27(23-7-3-1-4-8-23)32(47(42,43)44)28(15-26)24-9-5-2-6-10-24/h1-10,12-15,21-22H,11,16-20H2,(H,42,43,44). The second-order valence-corrected chi connectivity index (χ2v) is 17.9. The van der Waals surface area contributed by atoms with Gasteiger partial charge in [-0.2, -0.15) is 8.42 Å². The van der Waals surface area contributed by atoms with Gasteiger partial charge in [-0.1, -0.05) is 60.7 Å². The lowest BCUT2D eigenvalue weighted by Crippen LogP contribution is -2.60. The van der Waals surface area contributed by atoms with E-state index in [1.165, 1.54) is 12.1 Å². The van der Waals surface area contributed by atoms with Crippen LogP contribution < -0.4 is 4.74 Å². The van der Waals surface area contributed by atoms with Gasteiger partial charge in [0.15, 0.2) is 0 Å². The van der Waals surface area contributed by atoms with Crippen molar-refractivity contribution in [2.24, 2.45) is 17.3 Å². The number of ether oxygens (including phenoxy) is 2. The Bertz CT molecular complexity index is 1940. The Morgan fingerprint density at radius 1 is 0.787 bits per heavy atom. The summed E-state index contributed by atoms with van der Waals surface area (Å²) in [6.07, 6.45) is 4.13. The van der Waals surface area contributed by atoms with Crippen LogP contribution in [0.1, 0.15) is 48.9 Å². The Balaban J connectivity index is 1.25. The highest BCUT2D eigenvalue weighted by Crippen LogP contribution is 2.63. The summed E-state index contributed by atoms with van der Waals surface area (Å²) < 4.78 is 51.6. The first-order valence-electron chi connectivity index (χ1n) is 15.2. The van der Waals surface area contributed by atoms with Gasteiger partial charge in [0.25, 0.3) is 10.1 Å². The van der Waals surface area contributed by atoms with E-state index in [0.717, 1.165) is 30.0 Å². The molecule has 0 aliphatic heterocycles. The van der Waals surface area contributed by atoms with E-state index >= 15 is 0 Å². The van der Waals surface area contributed by atoms with Gasteiger partial charge in [-0.25, -0.2) is 4.79 Å². The molecule has 0 amide bonds. The summed E-state index contributed by atoms with van der Waals surface area (Å²) in [5.41, 5.74) is 0.514. The maximum atomic E-state index is 14.4. The van der Waals surface area contributed by atoms with E-state index < -0.39 is 27.1 Å². The summed E-state index contributed by atoms with van der Waals surface area (Å²) in [6, 6.07) is 24.6. The molecule has 0 spiro atoms. The van der Waals surface area contributed by atoms with E-state index in [1.54, 1.807) is 48.5 Å². The van der Waals surface area contributed by atoms with Gasteiger partial charge in [-0.05, 0) is 147 Å². The lowest BCUT2D eigenvalue weighted by molar-refractivity contribution is -0.189. The minimum absolute atomic E-state index is 0.185. The van der Waals surface area contributed by atoms with Crippen molar-refractivity contribution in [3.05, 3.63) is 101 Å². The van der Waals surface area contributed by atoms with Crippen LogP contribution in [-0.2, 0) is 19.6 Å². The van der Waals surface area contributed by atoms with E-state index in [0.29, 0.717) is 36.0 Å². The van der Waals surface area contributed by atoms with Crippen molar-refractivity contribution in [2.45, 2.75) is 49.0 Å². The van der Waals surface area contributed by atoms with Crippen LogP contribution in [-0.4, -0.2) is 30.5 Å². The van der Waals surface area contributed by atoms with E-state index in [2.05, 4.69) is 67.8 Å². The Morgan fingerprint density at radius 2 is 1.34 bits per heavy atom. The van der Waals surface area contributed by atoms with Crippen LogP contribution in [0.15, 0.2) is 89.8 Å². The molecular formula is C36H29I3O7S. The van der Waals surface area contributed by atoms with E-state index in [-0.39, 0.29) is 39.6 Å². The van der Waals surface area contributed by atoms with Crippen LogP contribution in [0.2, 0.25) is 0 Å². The molecule has 11 heteroatoms. The van der Waals surface area contributed by atoms with Gasteiger partial charge in [0.05, 0.1) is 11.0 Å². The number of carbonyl (C=O) groups excluding carboxylic acids is 2. The van der Waals surface area contributed by atoms with Crippen LogP contribution in [0.5, 0.6) is 5.75 Å². The van der Waals surface area contributed by atoms with Gasteiger partial charge < -0.3 is 9.47 Å². The van der Waals surface area contributed by atoms with Crippen LogP contribution in [0.4, 0.5) is 0 Å². The smallest absolute Gasteiger partial charge is 0.339 e. The summed E-state index contributed by atoms with van der Waals surface area (Å²) >= 11 is 6.62. The molecule has 7 nitrogen and oxygen atoms in total. The predicted octanol–water partition coefficient (Wildman–Crippen LogP) is 9.18. The van der Waals surface area contributed by atoms with Gasteiger partial charge in [0.2, 0.25) is 0 Å². The van der Waals surface area contributed by atoms with Crippen LogP contribution in [0.25, 0.3) is 22.3 Å². The number of halogens is 3. The molecular weight excluding hydrogens is 957 g/mol. The highest BCUT2D eigenvalue weighted by molar-refractivity contribution is 14.1. The second-order valence-electron chi connectivity index (χ2n) is 13.0. The molecule has 4 aromatic rings. The lowest BCUT2D eigenvalue weighted by Gasteiger charge is -2.59. The molecule has 0 heterocycles. The molecule has 0 aromatic heterocycles. The Kier molecular flexibility index (Phi) is 9.01. The fourth-order valence-electron chi connectivity index (χ4n) is 8.31. The molecule has 4 aliphatic carbocycles. The molecule has 4 saturated carbocycles. The van der Waals surface area contributed by atoms with Gasteiger partial charge in [-0.15, -0.1) is 0 Å². The van der Waals surface area contributed by atoms with Crippen molar-refractivity contribution in [1.82, 2.24) is 0 Å². The highest BCUT2D eigenvalue weighted by atomic mass is 127. The van der Waals surface area contributed by atoms with Crippen LogP contribution >= 0.6 is 67.8 Å². The maximum absolute atomic E-state index is 14.4. The minimum atomic E-state index is -4.68. The summed E-state index contributed by atoms with van der Waals surface area (Å²) in [7, 11) is -4.68. The van der Waals surface area contributed by atoms with E-state index in [1.807, 2.05) is 24.3 Å². The minimum Gasteiger partial charge on any atom is -0.455 e. The zero-order valence-electron chi connectivity index (χ0n) is 24.9. The molecule has 0 saturated heterocycles. The average molecular weight is 986 g/mol. The first-order chi connectivity index (χ1) is 22.3. The molecule has 1 N–H and O–H groups in total. The van der Waals surface area contributed by atoms with Crippen molar-refractivity contribution in [1.29, 1.82) is 0 Å². The first-order valence-corrected chi connectivity index (χ1v) is 19.9. The Morgan fingerprint density at radius 3 is 1.87 bits per heavy atom.